The Balaban J connectivity index is 1.67. The molecule has 134 valence electrons. The van der Waals surface area contributed by atoms with E-state index in [0.717, 1.165) is 6.20 Å². The lowest BCUT2D eigenvalue weighted by molar-refractivity contribution is 0.279. The highest BCUT2D eigenvalue weighted by atomic mass is 19.1. The minimum atomic E-state index is -0.698. The van der Waals surface area contributed by atoms with Crippen LogP contribution in [0.4, 0.5) is 14.6 Å². The summed E-state index contributed by atoms with van der Waals surface area (Å²) in [5.41, 5.74) is 0.932. The van der Waals surface area contributed by atoms with E-state index < -0.39 is 11.6 Å². The Morgan fingerprint density at radius 2 is 1.81 bits per heavy atom. The number of phenols is 2. The summed E-state index contributed by atoms with van der Waals surface area (Å²) in [5, 5.41) is 21.4. The van der Waals surface area contributed by atoms with Crippen molar-refractivity contribution < 1.29 is 23.7 Å². The monoisotopic (exact) mass is 359 g/mol. The van der Waals surface area contributed by atoms with E-state index in [9.17, 15) is 19.0 Å². The van der Waals surface area contributed by atoms with Crippen LogP contribution >= 0.6 is 0 Å². The van der Waals surface area contributed by atoms with E-state index in [-0.39, 0.29) is 36.5 Å². The maximum absolute atomic E-state index is 13.8. The van der Waals surface area contributed by atoms with Crippen molar-refractivity contribution in [2.75, 3.05) is 5.32 Å². The number of halogens is 2. The number of anilines is 1. The largest absolute Gasteiger partial charge is 0.504 e. The number of hydrogen-bond acceptors (Lipinski definition) is 6. The summed E-state index contributed by atoms with van der Waals surface area (Å²) < 4.78 is 32.8. The van der Waals surface area contributed by atoms with Gasteiger partial charge in [0.2, 0.25) is 0 Å². The van der Waals surface area contributed by atoms with Gasteiger partial charge in [0.15, 0.2) is 23.1 Å². The zero-order chi connectivity index (χ0) is 18.5. The van der Waals surface area contributed by atoms with E-state index in [1.807, 2.05) is 0 Å². The SMILES string of the molecule is Oc1ccc(COc2ncc(F)c(NCc3ccccc3F)n2)cc1O. The number of phenolic OH excluding ortho intramolecular Hbond substituents is 2. The Morgan fingerprint density at radius 1 is 1.00 bits per heavy atom. The normalized spacial score (nSPS) is 10.5. The van der Waals surface area contributed by atoms with Crippen molar-refractivity contribution >= 4 is 5.82 Å². The Hall–Kier alpha value is -3.42. The van der Waals surface area contributed by atoms with Gasteiger partial charge in [-0.1, -0.05) is 24.3 Å². The van der Waals surface area contributed by atoms with Crippen LogP contribution in [0.15, 0.2) is 48.7 Å². The van der Waals surface area contributed by atoms with Gasteiger partial charge >= 0.3 is 6.01 Å². The average Bonchev–Trinajstić information content (AvgIpc) is 2.64. The van der Waals surface area contributed by atoms with E-state index >= 15 is 0 Å². The summed E-state index contributed by atoms with van der Waals surface area (Å²) in [4.78, 5) is 7.65. The van der Waals surface area contributed by atoms with Crippen LogP contribution in [0.2, 0.25) is 0 Å². The number of ether oxygens (including phenoxy) is 1. The molecule has 0 aliphatic rings. The van der Waals surface area contributed by atoms with Gasteiger partial charge in [-0.25, -0.2) is 13.8 Å². The first-order chi connectivity index (χ1) is 12.5. The van der Waals surface area contributed by atoms with Crippen molar-refractivity contribution in [2.24, 2.45) is 0 Å². The number of aromatic hydroxyl groups is 2. The molecular formula is C18H15F2N3O3. The van der Waals surface area contributed by atoms with Gasteiger partial charge in [-0.15, -0.1) is 0 Å². The molecule has 3 N–H and O–H groups in total. The minimum absolute atomic E-state index is 0.00618. The molecule has 6 nitrogen and oxygen atoms in total. The molecule has 1 heterocycles. The topological polar surface area (TPSA) is 87.5 Å². The number of nitrogens with zero attached hydrogens (tertiary/aromatic N) is 2. The summed E-state index contributed by atoms with van der Waals surface area (Å²) in [5.74, 6) is -1.74. The number of aromatic nitrogens is 2. The van der Waals surface area contributed by atoms with Gasteiger partial charge in [-0.3, -0.25) is 0 Å². The maximum atomic E-state index is 13.8. The summed E-state index contributed by atoms with van der Waals surface area (Å²) in [6, 6.07) is 10.3. The van der Waals surface area contributed by atoms with E-state index in [1.54, 1.807) is 24.3 Å². The molecule has 0 saturated carbocycles. The van der Waals surface area contributed by atoms with E-state index in [1.165, 1.54) is 18.2 Å². The Bertz CT molecular complexity index is 922. The lowest BCUT2D eigenvalue weighted by Gasteiger charge is -2.10. The van der Waals surface area contributed by atoms with Crippen LogP contribution in [-0.2, 0) is 13.2 Å². The second-order valence-electron chi connectivity index (χ2n) is 5.41. The molecular weight excluding hydrogens is 344 g/mol. The smallest absolute Gasteiger partial charge is 0.318 e. The molecule has 0 unspecified atom stereocenters. The van der Waals surface area contributed by atoms with Crippen molar-refractivity contribution in [1.29, 1.82) is 0 Å². The van der Waals surface area contributed by atoms with Gasteiger partial charge < -0.3 is 20.3 Å². The molecule has 8 heteroatoms. The molecule has 0 amide bonds. The van der Waals surface area contributed by atoms with Crippen molar-refractivity contribution in [2.45, 2.75) is 13.2 Å². The molecule has 0 radical (unpaired) electrons. The zero-order valence-electron chi connectivity index (χ0n) is 13.5. The minimum Gasteiger partial charge on any atom is -0.504 e. The molecule has 2 aromatic carbocycles. The van der Waals surface area contributed by atoms with Gasteiger partial charge in [0, 0.05) is 12.1 Å². The fourth-order valence-electron chi connectivity index (χ4n) is 2.17. The van der Waals surface area contributed by atoms with Crippen molar-refractivity contribution in [3.8, 4) is 17.5 Å². The quantitative estimate of drug-likeness (QED) is 0.585. The molecule has 0 aliphatic heterocycles. The van der Waals surface area contributed by atoms with Gasteiger partial charge in [0.05, 0.1) is 6.20 Å². The third-order valence-corrected chi connectivity index (χ3v) is 3.53. The molecule has 0 atom stereocenters. The molecule has 0 spiro atoms. The van der Waals surface area contributed by atoms with Gasteiger partial charge in [0.1, 0.15) is 12.4 Å². The first-order valence-corrected chi connectivity index (χ1v) is 7.66. The van der Waals surface area contributed by atoms with Crippen LogP contribution in [0, 0.1) is 11.6 Å². The molecule has 1 aromatic heterocycles. The molecule has 0 fully saturated rings. The highest BCUT2D eigenvalue weighted by Gasteiger charge is 2.10. The van der Waals surface area contributed by atoms with Crippen molar-refractivity contribution in [3.63, 3.8) is 0 Å². The van der Waals surface area contributed by atoms with Gasteiger partial charge in [-0.2, -0.15) is 4.98 Å². The van der Waals surface area contributed by atoms with Crippen LogP contribution < -0.4 is 10.1 Å². The first kappa shape index (κ1) is 17.4. The molecule has 26 heavy (non-hydrogen) atoms. The highest BCUT2D eigenvalue weighted by molar-refractivity contribution is 5.40. The fourth-order valence-corrected chi connectivity index (χ4v) is 2.17. The molecule has 3 rings (SSSR count). The number of rotatable bonds is 6. The molecule has 0 aliphatic carbocycles. The van der Waals surface area contributed by atoms with E-state index in [2.05, 4.69) is 15.3 Å². The maximum Gasteiger partial charge on any atom is 0.318 e. The van der Waals surface area contributed by atoms with Gasteiger partial charge in [0.25, 0.3) is 0 Å². The first-order valence-electron chi connectivity index (χ1n) is 7.66. The Labute approximate surface area is 147 Å². The predicted octanol–water partition coefficient (Wildman–Crippen LogP) is 3.36. The van der Waals surface area contributed by atoms with Crippen molar-refractivity contribution in [3.05, 3.63) is 71.4 Å². The fraction of sp³-hybridized carbons (Fsp3) is 0.111. The standard InChI is InChI=1S/C18H15F2N3O3/c19-13-4-2-1-3-12(13)8-21-17-14(20)9-22-18(23-17)26-10-11-5-6-15(24)16(25)7-11/h1-7,9,24-25H,8,10H2,(H,21,22,23). The molecule has 0 bridgehead atoms. The number of benzene rings is 2. The summed E-state index contributed by atoms with van der Waals surface area (Å²) in [6.07, 6.45) is 0.945. The molecule has 0 saturated heterocycles. The highest BCUT2D eigenvalue weighted by Crippen LogP contribution is 2.25. The van der Waals surface area contributed by atoms with E-state index in [0.29, 0.717) is 11.1 Å². The lowest BCUT2D eigenvalue weighted by Crippen LogP contribution is -2.08. The Kier molecular flexibility index (Phi) is 5.12. The summed E-state index contributed by atoms with van der Waals surface area (Å²) in [6.45, 7) is 0.0537. The van der Waals surface area contributed by atoms with Crippen LogP contribution in [0.3, 0.4) is 0 Å². The van der Waals surface area contributed by atoms with Crippen LogP contribution in [0.25, 0.3) is 0 Å². The second kappa shape index (κ2) is 7.64. The average molecular weight is 359 g/mol. The third kappa shape index (κ3) is 4.15. The summed E-state index contributed by atoms with van der Waals surface area (Å²) >= 11 is 0. The number of hydrogen-bond donors (Lipinski definition) is 3. The third-order valence-electron chi connectivity index (χ3n) is 3.53. The predicted molar refractivity (Wildman–Crippen MR) is 89.8 cm³/mol. The number of nitrogens with one attached hydrogen (secondary N) is 1. The van der Waals surface area contributed by atoms with Gasteiger partial charge in [-0.05, 0) is 23.8 Å². The van der Waals surface area contributed by atoms with Crippen LogP contribution in [-0.4, -0.2) is 20.2 Å². The molecule has 3 aromatic rings. The zero-order valence-corrected chi connectivity index (χ0v) is 13.5. The van der Waals surface area contributed by atoms with Crippen molar-refractivity contribution in [1.82, 2.24) is 9.97 Å². The lowest BCUT2D eigenvalue weighted by atomic mass is 10.2. The van der Waals surface area contributed by atoms with E-state index in [4.69, 9.17) is 4.74 Å². The Morgan fingerprint density at radius 3 is 2.58 bits per heavy atom. The second-order valence-corrected chi connectivity index (χ2v) is 5.41. The summed E-state index contributed by atoms with van der Waals surface area (Å²) in [7, 11) is 0. The van der Waals surface area contributed by atoms with Crippen LogP contribution in [0.1, 0.15) is 11.1 Å². The van der Waals surface area contributed by atoms with Crippen LogP contribution in [0.5, 0.6) is 17.5 Å².